The van der Waals surface area contributed by atoms with Gasteiger partial charge in [0, 0.05) is 18.8 Å². The molecule has 1 unspecified atom stereocenters. The maximum Gasteiger partial charge on any atom is 0.416 e. The maximum atomic E-state index is 12.4. The Hall–Kier alpha value is -1.43. The van der Waals surface area contributed by atoms with Gasteiger partial charge < -0.3 is 10.6 Å². The van der Waals surface area contributed by atoms with Crippen LogP contribution < -0.4 is 10.6 Å². The number of halogens is 4. The monoisotopic (exact) mass is 294 g/mol. The molecule has 3 nitrogen and oxygen atoms in total. The number of benzene rings is 1. The number of nitrogens with two attached hydrogens (primary N) is 1. The highest BCUT2D eigenvalue weighted by atomic mass is 35.5. The first kappa shape index (κ1) is 15.6. The number of anilines is 1. The average Bonchev–Trinajstić information content (AvgIpc) is 2.77. The van der Waals surface area contributed by atoms with Crippen LogP contribution in [0.25, 0.3) is 0 Å². The molecular formula is C12H14ClF3N2O. The number of amides is 1. The number of hydrogen-bond donors (Lipinski definition) is 1. The molecular weight excluding hydrogens is 281 g/mol. The molecule has 0 bridgehead atoms. The number of alkyl halides is 3. The highest BCUT2D eigenvalue weighted by Gasteiger charge is 2.31. The van der Waals surface area contributed by atoms with Crippen LogP contribution in [0.3, 0.4) is 0 Å². The third-order valence-corrected chi connectivity index (χ3v) is 3.15. The first-order valence-electron chi connectivity index (χ1n) is 5.59. The predicted octanol–water partition coefficient (Wildman–Crippen LogP) is 2.44. The van der Waals surface area contributed by atoms with E-state index < -0.39 is 11.7 Å². The predicted molar refractivity (Wildman–Crippen MR) is 68.2 cm³/mol. The Kier molecular flexibility index (Phi) is 4.68. The third kappa shape index (κ3) is 3.53. The molecule has 2 N–H and O–H groups in total. The van der Waals surface area contributed by atoms with Crippen molar-refractivity contribution in [1.82, 2.24) is 0 Å². The second-order valence-electron chi connectivity index (χ2n) is 4.38. The van der Waals surface area contributed by atoms with Crippen LogP contribution in [0.5, 0.6) is 0 Å². The number of rotatable bonds is 2. The van der Waals surface area contributed by atoms with Gasteiger partial charge in [0.25, 0.3) is 0 Å². The van der Waals surface area contributed by atoms with Gasteiger partial charge in [-0.1, -0.05) is 0 Å². The van der Waals surface area contributed by atoms with Gasteiger partial charge in [0.1, 0.15) is 0 Å². The number of carbonyl (C=O) groups is 1. The molecule has 1 amide bonds. The first-order valence-corrected chi connectivity index (χ1v) is 5.59. The van der Waals surface area contributed by atoms with E-state index in [1.807, 2.05) is 4.90 Å². The standard InChI is InChI=1S/C12H13F3N2O.ClH/c13-12(14,15)9-1-3-10(4-2-9)17-6-5-8(7-17)11(16)18;/h1-4,8H,5-7H2,(H2,16,18);1H. The largest absolute Gasteiger partial charge is 0.416 e. The molecule has 1 aliphatic rings. The zero-order valence-electron chi connectivity index (χ0n) is 9.98. The van der Waals surface area contributed by atoms with Gasteiger partial charge in [-0.05, 0) is 30.7 Å². The Balaban J connectivity index is 0.00000180. The molecule has 1 fully saturated rings. The normalized spacial score (nSPS) is 19.1. The summed E-state index contributed by atoms with van der Waals surface area (Å²) in [7, 11) is 0. The van der Waals surface area contributed by atoms with E-state index in [-0.39, 0.29) is 24.2 Å². The summed E-state index contributed by atoms with van der Waals surface area (Å²) < 4.78 is 37.2. The topological polar surface area (TPSA) is 46.3 Å². The Morgan fingerprint density at radius 2 is 1.84 bits per heavy atom. The van der Waals surface area contributed by atoms with Gasteiger partial charge in [0.2, 0.25) is 5.91 Å². The molecule has 0 saturated carbocycles. The minimum atomic E-state index is -4.32. The van der Waals surface area contributed by atoms with Crippen LogP contribution in [0, 0.1) is 5.92 Å². The summed E-state index contributed by atoms with van der Waals surface area (Å²) in [6, 6.07) is 4.94. The summed E-state index contributed by atoms with van der Waals surface area (Å²) in [6.45, 7) is 1.11. The minimum Gasteiger partial charge on any atom is -0.371 e. The molecule has 0 aromatic heterocycles. The fraction of sp³-hybridized carbons (Fsp3) is 0.417. The molecule has 0 aliphatic carbocycles. The quantitative estimate of drug-likeness (QED) is 0.910. The van der Waals surface area contributed by atoms with E-state index in [1.165, 1.54) is 12.1 Å². The molecule has 1 heterocycles. The van der Waals surface area contributed by atoms with Crippen molar-refractivity contribution >= 4 is 24.0 Å². The van der Waals surface area contributed by atoms with E-state index >= 15 is 0 Å². The van der Waals surface area contributed by atoms with Gasteiger partial charge in [-0.25, -0.2) is 0 Å². The highest BCUT2D eigenvalue weighted by molar-refractivity contribution is 5.85. The van der Waals surface area contributed by atoms with E-state index in [9.17, 15) is 18.0 Å². The van der Waals surface area contributed by atoms with Crippen molar-refractivity contribution in [3.05, 3.63) is 29.8 Å². The van der Waals surface area contributed by atoms with Crippen LogP contribution in [0.1, 0.15) is 12.0 Å². The zero-order valence-corrected chi connectivity index (χ0v) is 10.8. The van der Waals surface area contributed by atoms with Crippen LogP contribution in [-0.2, 0) is 11.0 Å². The van der Waals surface area contributed by atoms with Crippen LogP contribution in [0.4, 0.5) is 18.9 Å². The lowest BCUT2D eigenvalue weighted by Crippen LogP contribution is -2.27. The molecule has 19 heavy (non-hydrogen) atoms. The number of nitrogens with zero attached hydrogens (tertiary/aromatic N) is 1. The maximum absolute atomic E-state index is 12.4. The Labute approximate surface area is 115 Å². The van der Waals surface area contributed by atoms with Crippen molar-refractivity contribution in [2.75, 3.05) is 18.0 Å². The molecule has 1 aromatic carbocycles. The van der Waals surface area contributed by atoms with Gasteiger partial charge in [-0.15, -0.1) is 12.4 Å². The summed E-state index contributed by atoms with van der Waals surface area (Å²) >= 11 is 0. The van der Waals surface area contributed by atoms with Gasteiger partial charge in [-0.3, -0.25) is 4.79 Å². The Bertz CT molecular complexity index is 447. The molecule has 1 saturated heterocycles. The molecule has 1 atom stereocenters. The van der Waals surface area contributed by atoms with Crippen molar-refractivity contribution < 1.29 is 18.0 Å². The van der Waals surface area contributed by atoms with Gasteiger partial charge in [-0.2, -0.15) is 13.2 Å². The van der Waals surface area contributed by atoms with E-state index in [2.05, 4.69) is 0 Å². The van der Waals surface area contributed by atoms with Crippen LogP contribution in [-0.4, -0.2) is 19.0 Å². The van der Waals surface area contributed by atoms with Crippen molar-refractivity contribution in [3.63, 3.8) is 0 Å². The second-order valence-corrected chi connectivity index (χ2v) is 4.38. The first-order chi connectivity index (χ1) is 8.38. The van der Waals surface area contributed by atoms with Crippen molar-refractivity contribution in [1.29, 1.82) is 0 Å². The smallest absolute Gasteiger partial charge is 0.371 e. The summed E-state index contributed by atoms with van der Waals surface area (Å²) in [5, 5.41) is 0. The van der Waals surface area contributed by atoms with Crippen molar-refractivity contribution in [2.24, 2.45) is 11.7 Å². The molecule has 7 heteroatoms. The van der Waals surface area contributed by atoms with E-state index in [0.29, 0.717) is 25.2 Å². The second kappa shape index (κ2) is 5.69. The molecule has 1 aromatic rings. The van der Waals surface area contributed by atoms with Gasteiger partial charge >= 0.3 is 6.18 Å². The van der Waals surface area contributed by atoms with Crippen LogP contribution >= 0.6 is 12.4 Å². The van der Waals surface area contributed by atoms with Crippen molar-refractivity contribution in [2.45, 2.75) is 12.6 Å². The molecule has 0 spiro atoms. The summed E-state index contributed by atoms with van der Waals surface area (Å²) in [6.07, 6.45) is -3.67. The molecule has 2 rings (SSSR count). The molecule has 1 aliphatic heterocycles. The lowest BCUT2D eigenvalue weighted by atomic mass is 10.1. The van der Waals surface area contributed by atoms with E-state index in [1.54, 1.807) is 0 Å². The third-order valence-electron chi connectivity index (χ3n) is 3.15. The van der Waals surface area contributed by atoms with Crippen molar-refractivity contribution in [3.8, 4) is 0 Å². The Morgan fingerprint density at radius 1 is 1.26 bits per heavy atom. The van der Waals surface area contributed by atoms with Gasteiger partial charge in [0.15, 0.2) is 0 Å². The number of carbonyl (C=O) groups excluding carboxylic acids is 1. The molecule has 106 valence electrons. The highest BCUT2D eigenvalue weighted by Crippen LogP contribution is 2.31. The van der Waals surface area contributed by atoms with E-state index in [4.69, 9.17) is 5.73 Å². The SMILES string of the molecule is Cl.NC(=O)C1CCN(c2ccc(C(F)(F)F)cc2)C1. The summed E-state index contributed by atoms with van der Waals surface area (Å²) in [5.41, 5.74) is 5.22. The minimum absolute atomic E-state index is 0. The lowest BCUT2D eigenvalue weighted by Gasteiger charge is -2.18. The zero-order chi connectivity index (χ0) is 13.3. The summed E-state index contributed by atoms with van der Waals surface area (Å²) in [4.78, 5) is 12.9. The molecule has 0 radical (unpaired) electrons. The van der Waals surface area contributed by atoms with Crippen LogP contribution in [0.2, 0.25) is 0 Å². The fourth-order valence-corrected chi connectivity index (χ4v) is 2.09. The Morgan fingerprint density at radius 3 is 2.26 bits per heavy atom. The van der Waals surface area contributed by atoms with E-state index in [0.717, 1.165) is 12.1 Å². The summed E-state index contributed by atoms with van der Waals surface area (Å²) in [5.74, 6) is -0.572. The lowest BCUT2D eigenvalue weighted by molar-refractivity contribution is -0.137. The fourth-order valence-electron chi connectivity index (χ4n) is 2.09. The van der Waals surface area contributed by atoms with Gasteiger partial charge in [0.05, 0.1) is 11.5 Å². The average molecular weight is 295 g/mol. The number of primary amides is 1. The number of hydrogen-bond acceptors (Lipinski definition) is 2. The van der Waals surface area contributed by atoms with Crippen LogP contribution in [0.15, 0.2) is 24.3 Å².